The fourth-order valence-corrected chi connectivity index (χ4v) is 4.52. The summed E-state index contributed by atoms with van der Waals surface area (Å²) < 4.78 is 32.2. The van der Waals surface area contributed by atoms with Gasteiger partial charge in [-0.3, -0.25) is 4.79 Å². The van der Waals surface area contributed by atoms with Crippen LogP contribution in [0.3, 0.4) is 0 Å². The molecule has 0 bridgehead atoms. The Labute approximate surface area is 153 Å². The van der Waals surface area contributed by atoms with Gasteiger partial charge in [0.25, 0.3) is 5.91 Å². The van der Waals surface area contributed by atoms with Gasteiger partial charge in [0.1, 0.15) is 5.75 Å². The topological polar surface area (TPSA) is 75.7 Å². The molecular formula is C19H22N2O4S. The number of anilines is 1. The van der Waals surface area contributed by atoms with Crippen molar-refractivity contribution in [2.24, 2.45) is 0 Å². The molecule has 0 aliphatic carbocycles. The van der Waals surface area contributed by atoms with Crippen LogP contribution in [0.5, 0.6) is 5.75 Å². The molecule has 26 heavy (non-hydrogen) atoms. The number of nitrogens with zero attached hydrogens (tertiary/aromatic N) is 1. The van der Waals surface area contributed by atoms with E-state index in [2.05, 4.69) is 5.32 Å². The van der Waals surface area contributed by atoms with Crippen LogP contribution in [0.15, 0.2) is 53.4 Å². The molecule has 1 aliphatic heterocycles. The number of amides is 1. The number of piperidine rings is 1. The van der Waals surface area contributed by atoms with Crippen LogP contribution < -0.4 is 10.1 Å². The van der Waals surface area contributed by atoms with Crippen molar-refractivity contribution in [3.63, 3.8) is 0 Å². The molecule has 2 aromatic carbocycles. The molecule has 1 fully saturated rings. The number of hydrogen-bond acceptors (Lipinski definition) is 4. The molecule has 0 aromatic heterocycles. The van der Waals surface area contributed by atoms with Gasteiger partial charge >= 0.3 is 0 Å². The largest absolute Gasteiger partial charge is 0.497 e. The third-order valence-electron chi connectivity index (χ3n) is 4.38. The molecule has 0 radical (unpaired) electrons. The van der Waals surface area contributed by atoms with Crippen molar-refractivity contribution in [3.05, 3.63) is 54.1 Å². The maximum atomic E-state index is 12.8. The molecule has 138 valence electrons. The van der Waals surface area contributed by atoms with E-state index in [-0.39, 0.29) is 10.8 Å². The van der Waals surface area contributed by atoms with Gasteiger partial charge in [-0.25, -0.2) is 8.42 Å². The number of ether oxygens (including phenoxy) is 1. The Kier molecular flexibility index (Phi) is 5.58. The van der Waals surface area contributed by atoms with E-state index in [4.69, 9.17) is 4.74 Å². The molecule has 7 heteroatoms. The van der Waals surface area contributed by atoms with E-state index in [0.717, 1.165) is 19.3 Å². The lowest BCUT2D eigenvalue weighted by atomic mass is 10.2. The Morgan fingerprint density at radius 3 is 2.50 bits per heavy atom. The Bertz CT molecular complexity index is 890. The van der Waals surface area contributed by atoms with E-state index >= 15 is 0 Å². The molecule has 0 spiro atoms. The third kappa shape index (κ3) is 4.05. The van der Waals surface area contributed by atoms with Gasteiger partial charge in [0, 0.05) is 30.4 Å². The highest BCUT2D eigenvalue weighted by atomic mass is 32.2. The van der Waals surface area contributed by atoms with Gasteiger partial charge in [-0.15, -0.1) is 0 Å². The second-order valence-electron chi connectivity index (χ2n) is 6.18. The van der Waals surface area contributed by atoms with Crippen LogP contribution >= 0.6 is 0 Å². The van der Waals surface area contributed by atoms with Crippen LogP contribution in [0, 0.1) is 0 Å². The minimum Gasteiger partial charge on any atom is -0.497 e. The summed E-state index contributed by atoms with van der Waals surface area (Å²) in [4.78, 5) is 12.7. The van der Waals surface area contributed by atoms with Gasteiger partial charge in [0.15, 0.2) is 0 Å². The van der Waals surface area contributed by atoms with Crippen molar-refractivity contribution in [3.8, 4) is 5.75 Å². The van der Waals surface area contributed by atoms with Crippen molar-refractivity contribution in [1.29, 1.82) is 0 Å². The summed E-state index contributed by atoms with van der Waals surface area (Å²) in [5.41, 5.74) is 0.879. The molecule has 1 N–H and O–H groups in total. The smallest absolute Gasteiger partial charge is 0.255 e. The standard InChI is InChI=1S/C19H22N2O4S/c1-25-17-9-6-8-16(14-17)20-19(22)15-7-5-10-18(13-15)26(23,24)21-11-3-2-4-12-21/h5-10,13-14H,2-4,11-12H2,1H3,(H,20,22). The van der Waals surface area contributed by atoms with Gasteiger partial charge in [0.2, 0.25) is 10.0 Å². The minimum atomic E-state index is -3.57. The Morgan fingerprint density at radius 1 is 1.04 bits per heavy atom. The molecule has 0 saturated carbocycles. The van der Waals surface area contributed by atoms with Crippen molar-refractivity contribution in [2.45, 2.75) is 24.2 Å². The SMILES string of the molecule is COc1cccc(NC(=O)c2cccc(S(=O)(=O)N3CCCCC3)c2)c1. The summed E-state index contributed by atoms with van der Waals surface area (Å²) in [6.07, 6.45) is 2.79. The van der Waals surface area contributed by atoms with E-state index in [9.17, 15) is 13.2 Å². The lowest BCUT2D eigenvalue weighted by Crippen LogP contribution is -2.35. The summed E-state index contributed by atoms with van der Waals surface area (Å²) >= 11 is 0. The summed E-state index contributed by atoms with van der Waals surface area (Å²) in [6, 6.07) is 13.2. The molecule has 2 aromatic rings. The van der Waals surface area contributed by atoms with Gasteiger partial charge in [0.05, 0.1) is 12.0 Å². The summed E-state index contributed by atoms with van der Waals surface area (Å²) in [5, 5.41) is 2.76. The highest BCUT2D eigenvalue weighted by Gasteiger charge is 2.26. The average molecular weight is 374 g/mol. The molecule has 3 rings (SSSR count). The molecule has 1 amide bonds. The zero-order chi connectivity index (χ0) is 18.6. The van der Waals surface area contributed by atoms with Crippen LogP contribution in [0.25, 0.3) is 0 Å². The molecule has 1 aliphatic rings. The van der Waals surface area contributed by atoms with Crippen LogP contribution in [0.2, 0.25) is 0 Å². The normalized spacial score (nSPS) is 15.4. The van der Waals surface area contributed by atoms with E-state index in [1.54, 1.807) is 43.5 Å². The second kappa shape index (κ2) is 7.88. The number of carbonyl (C=O) groups excluding carboxylic acids is 1. The molecule has 0 unspecified atom stereocenters. The molecule has 1 saturated heterocycles. The quantitative estimate of drug-likeness (QED) is 0.872. The van der Waals surface area contributed by atoms with Crippen molar-refractivity contribution < 1.29 is 17.9 Å². The Balaban J connectivity index is 1.81. The summed E-state index contributed by atoms with van der Waals surface area (Å²) in [6.45, 7) is 1.06. The first-order valence-electron chi connectivity index (χ1n) is 8.56. The second-order valence-corrected chi connectivity index (χ2v) is 8.12. The van der Waals surface area contributed by atoms with Crippen molar-refractivity contribution >= 4 is 21.6 Å². The molecule has 1 heterocycles. The first kappa shape index (κ1) is 18.4. The Hall–Kier alpha value is -2.38. The van der Waals surface area contributed by atoms with E-state index in [1.807, 2.05) is 0 Å². The lowest BCUT2D eigenvalue weighted by Gasteiger charge is -2.26. The number of sulfonamides is 1. The predicted molar refractivity (Wildman–Crippen MR) is 100.0 cm³/mol. The fourth-order valence-electron chi connectivity index (χ4n) is 2.96. The zero-order valence-electron chi connectivity index (χ0n) is 14.6. The number of carbonyl (C=O) groups is 1. The third-order valence-corrected chi connectivity index (χ3v) is 6.27. The monoisotopic (exact) mass is 374 g/mol. The first-order valence-corrected chi connectivity index (χ1v) is 10.0. The minimum absolute atomic E-state index is 0.151. The number of methoxy groups -OCH3 is 1. The van der Waals surface area contributed by atoms with E-state index < -0.39 is 10.0 Å². The van der Waals surface area contributed by atoms with E-state index in [1.165, 1.54) is 16.4 Å². The van der Waals surface area contributed by atoms with Crippen LogP contribution in [0.4, 0.5) is 5.69 Å². The van der Waals surface area contributed by atoms with Crippen molar-refractivity contribution in [2.75, 3.05) is 25.5 Å². The predicted octanol–water partition coefficient (Wildman–Crippen LogP) is 3.12. The molecule has 6 nitrogen and oxygen atoms in total. The lowest BCUT2D eigenvalue weighted by molar-refractivity contribution is 0.102. The number of hydrogen-bond donors (Lipinski definition) is 1. The molecule has 0 atom stereocenters. The Morgan fingerprint density at radius 2 is 1.77 bits per heavy atom. The van der Waals surface area contributed by atoms with Crippen LogP contribution in [-0.2, 0) is 10.0 Å². The van der Waals surface area contributed by atoms with Gasteiger partial charge in [-0.2, -0.15) is 4.31 Å². The summed E-state index contributed by atoms with van der Waals surface area (Å²) in [5.74, 6) is 0.262. The maximum Gasteiger partial charge on any atom is 0.255 e. The number of nitrogens with one attached hydrogen (secondary N) is 1. The summed E-state index contributed by atoms with van der Waals surface area (Å²) in [7, 11) is -2.02. The average Bonchev–Trinajstić information content (AvgIpc) is 2.69. The first-order chi connectivity index (χ1) is 12.5. The maximum absolute atomic E-state index is 12.8. The van der Waals surface area contributed by atoms with Crippen LogP contribution in [0.1, 0.15) is 29.6 Å². The molecular weight excluding hydrogens is 352 g/mol. The van der Waals surface area contributed by atoms with Gasteiger partial charge in [-0.1, -0.05) is 18.6 Å². The fraction of sp³-hybridized carbons (Fsp3) is 0.316. The van der Waals surface area contributed by atoms with Crippen LogP contribution in [-0.4, -0.2) is 38.8 Å². The van der Waals surface area contributed by atoms with Crippen molar-refractivity contribution in [1.82, 2.24) is 4.31 Å². The zero-order valence-corrected chi connectivity index (χ0v) is 15.5. The number of rotatable bonds is 5. The van der Waals surface area contributed by atoms with Gasteiger partial charge < -0.3 is 10.1 Å². The highest BCUT2D eigenvalue weighted by molar-refractivity contribution is 7.89. The highest BCUT2D eigenvalue weighted by Crippen LogP contribution is 2.22. The number of benzene rings is 2. The van der Waals surface area contributed by atoms with E-state index in [0.29, 0.717) is 30.1 Å². The van der Waals surface area contributed by atoms with Gasteiger partial charge in [-0.05, 0) is 43.2 Å².